The van der Waals surface area contributed by atoms with Crippen molar-refractivity contribution >= 4 is 11.3 Å². The Labute approximate surface area is 78.4 Å². The van der Waals surface area contributed by atoms with Crippen LogP contribution in [0.4, 0.5) is 0 Å². The molecule has 1 atom stereocenters. The summed E-state index contributed by atoms with van der Waals surface area (Å²) in [6, 6.07) is 0. The van der Waals surface area contributed by atoms with Crippen LogP contribution in [-0.4, -0.2) is 6.61 Å². The SMILES string of the molecule is CCOc1cscc1C(C)CC. The third-order valence-electron chi connectivity index (χ3n) is 2.10. The van der Waals surface area contributed by atoms with Gasteiger partial charge in [-0.3, -0.25) is 0 Å². The van der Waals surface area contributed by atoms with Crippen molar-refractivity contribution in [2.45, 2.75) is 33.1 Å². The maximum absolute atomic E-state index is 5.51. The van der Waals surface area contributed by atoms with E-state index >= 15 is 0 Å². The predicted molar refractivity (Wildman–Crippen MR) is 54.2 cm³/mol. The van der Waals surface area contributed by atoms with Crippen LogP contribution in [0.25, 0.3) is 0 Å². The van der Waals surface area contributed by atoms with Crippen LogP contribution in [0.15, 0.2) is 10.8 Å². The fraction of sp³-hybridized carbons (Fsp3) is 0.600. The van der Waals surface area contributed by atoms with Crippen LogP contribution < -0.4 is 4.74 Å². The van der Waals surface area contributed by atoms with Crippen molar-refractivity contribution in [1.29, 1.82) is 0 Å². The lowest BCUT2D eigenvalue weighted by Crippen LogP contribution is -1.96. The van der Waals surface area contributed by atoms with Crippen LogP contribution in [-0.2, 0) is 0 Å². The van der Waals surface area contributed by atoms with Crippen molar-refractivity contribution in [3.63, 3.8) is 0 Å². The quantitative estimate of drug-likeness (QED) is 0.694. The first-order chi connectivity index (χ1) is 5.79. The number of rotatable bonds is 4. The van der Waals surface area contributed by atoms with Crippen molar-refractivity contribution in [3.05, 3.63) is 16.3 Å². The summed E-state index contributed by atoms with van der Waals surface area (Å²) in [5.41, 5.74) is 1.37. The van der Waals surface area contributed by atoms with Gasteiger partial charge in [-0.25, -0.2) is 0 Å². The minimum atomic E-state index is 0.623. The molecule has 0 N–H and O–H groups in total. The summed E-state index contributed by atoms with van der Waals surface area (Å²) < 4.78 is 5.51. The van der Waals surface area contributed by atoms with Crippen molar-refractivity contribution in [2.24, 2.45) is 0 Å². The number of hydrogen-bond acceptors (Lipinski definition) is 2. The smallest absolute Gasteiger partial charge is 0.133 e. The first-order valence-corrected chi connectivity index (χ1v) is 5.42. The van der Waals surface area contributed by atoms with Gasteiger partial charge in [-0.15, -0.1) is 11.3 Å². The highest BCUT2D eigenvalue weighted by atomic mass is 32.1. The molecule has 0 aliphatic heterocycles. The monoisotopic (exact) mass is 184 g/mol. The Kier molecular flexibility index (Phi) is 3.60. The molecular formula is C10H16OS. The molecule has 0 aromatic carbocycles. The van der Waals surface area contributed by atoms with Crippen LogP contribution in [0.5, 0.6) is 5.75 Å². The van der Waals surface area contributed by atoms with Crippen LogP contribution in [0.3, 0.4) is 0 Å². The normalized spacial score (nSPS) is 12.9. The Balaban J connectivity index is 2.76. The van der Waals surface area contributed by atoms with Gasteiger partial charge in [-0.2, -0.15) is 0 Å². The molecular weight excluding hydrogens is 168 g/mol. The van der Waals surface area contributed by atoms with Gasteiger partial charge in [0.1, 0.15) is 5.75 Å². The number of ether oxygens (including phenoxy) is 1. The molecule has 0 spiro atoms. The van der Waals surface area contributed by atoms with E-state index in [0.29, 0.717) is 5.92 Å². The van der Waals surface area contributed by atoms with Gasteiger partial charge in [0.15, 0.2) is 0 Å². The molecule has 1 rings (SSSR count). The first-order valence-electron chi connectivity index (χ1n) is 4.48. The van der Waals surface area contributed by atoms with Crippen LogP contribution in [0.1, 0.15) is 38.7 Å². The molecule has 1 aromatic heterocycles. The zero-order valence-electron chi connectivity index (χ0n) is 7.96. The van der Waals surface area contributed by atoms with E-state index in [1.54, 1.807) is 11.3 Å². The summed E-state index contributed by atoms with van der Waals surface area (Å²) in [6.07, 6.45) is 1.18. The second-order valence-electron chi connectivity index (χ2n) is 2.93. The van der Waals surface area contributed by atoms with E-state index in [4.69, 9.17) is 4.74 Å². The zero-order chi connectivity index (χ0) is 8.97. The Morgan fingerprint density at radius 3 is 2.75 bits per heavy atom. The largest absolute Gasteiger partial charge is 0.493 e. The van der Waals surface area contributed by atoms with E-state index in [1.807, 2.05) is 6.92 Å². The maximum Gasteiger partial charge on any atom is 0.133 e. The molecule has 1 heterocycles. The average molecular weight is 184 g/mol. The number of hydrogen-bond donors (Lipinski definition) is 0. The van der Waals surface area contributed by atoms with Gasteiger partial charge < -0.3 is 4.74 Å². The molecule has 0 fully saturated rings. The molecule has 68 valence electrons. The van der Waals surface area contributed by atoms with Gasteiger partial charge in [0.25, 0.3) is 0 Å². The second kappa shape index (κ2) is 4.51. The van der Waals surface area contributed by atoms with E-state index in [1.165, 1.54) is 12.0 Å². The van der Waals surface area contributed by atoms with E-state index in [-0.39, 0.29) is 0 Å². The van der Waals surface area contributed by atoms with E-state index in [2.05, 4.69) is 24.6 Å². The molecule has 1 nitrogen and oxygen atoms in total. The molecule has 1 unspecified atom stereocenters. The third-order valence-corrected chi connectivity index (χ3v) is 2.84. The summed E-state index contributed by atoms with van der Waals surface area (Å²) in [4.78, 5) is 0. The number of thiophene rings is 1. The lowest BCUT2D eigenvalue weighted by Gasteiger charge is -2.09. The first kappa shape index (κ1) is 9.59. The molecule has 0 radical (unpaired) electrons. The highest BCUT2D eigenvalue weighted by Gasteiger charge is 2.10. The van der Waals surface area contributed by atoms with Crippen LogP contribution >= 0.6 is 11.3 Å². The molecule has 0 amide bonds. The van der Waals surface area contributed by atoms with Gasteiger partial charge in [-0.05, 0) is 24.6 Å². The Hall–Kier alpha value is -0.500. The summed E-state index contributed by atoms with van der Waals surface area (Å²) in [7, 11) is 0. The van der Waals surface area contributed by atoms with Crippen molar-refractivity contribution < 1.29 is 4.74 Å². The van der Waals surface area contributed by atoms with Gasteiger partial charge >= 0.3 is 0 Å². The van der Waals surface area contributed by atoms with E-state index in [0.717, 1.165) is 12.4 Å². The fourth-order valence-electron chi connectivity index (χ4n) is 1.15. The van der Waals surface area contributed by atoms with Gasteiger partial charge in [0, 0.05) is 10.9 Å². The zero-order valence-corrected chi connectivity index (χ0v) is 8.78. The van der Waals surface area contributed by atoms with Gasteiger partial charge in [0.2, 0.25) is 0 Å². The van der Waals surface area contributed by atoms with Gasteiger partial charge in [0.05, 0.1) is 6.61 Å². The van der Waals surface area contributed by atoms with Crippen LogP contribution in [0, 0.1) is 0 Å². The lowest BCUT2D eigenvalue weighted by molar-refractivity contribution is 0.336. The Bertz CT molecular complexity index is 229. The molecule has 0 aliphatic carbocycles. The van der Waals surface area contributed by atoms with Crippen molar-refractivity contribution in [3.8, 4) is 5.75 Å². The topological polar surface area (TPSA) is 9.23 Å². The summed E-state index contributed by atoms with van der Waals surface area (Å²) in [6.45, 7) is 7.24. The highest BCUT2D eigenvalue weighted by Crippen LogP contribution is 2.31. The molecule has 0 saturated heterocycles. The standard InChI is InChI=1S/C10H16OS/c1-4-8(3)9-6-12-7-10(9)11-5-2/h6-8H,4-5H2,1-3H3. The minimum absolute atomic E-state index is 0.623. The average Bonchev–Trinajstić information content (AvgIpc) is 2.52. The van der Waals surface area contributed by atoms with Gasteiger partial charge in [-0.1, -0.05) is 13.8 Å². The summed E-state index contributed by atoms with van der Waals surface area (Å²) in [5.74, 6) is 1.70. The maximum atomic E-state index is 5.51. The van der Waals surface area contributed by atoms with Crippen molar-refractivity contribution in [1.82, 2.24) is 0 Å². The summed E-state index contributed by atoms with van der Waals surface area (Å²) in [5, 5.41) is 4.28. The Morgan fingerprint density at radius 1 is 1.42 bits per heavy atom. The molecule has 12 heavy (non-hydrogen) atoms. The fourth-order valence-corrected chi connectivity index (χ4v) is 2.04. The Morgan fingerprint density at radius 2 is 2.17 bits per heavy atom. The van der Waals surface area contributed by atoms with Crippen molar-refractivity contribution in [2.75, 3.05) is 6.61 Å². The molecule has 0 bridgehead atoms. The van der Waals surface area contributed by atoms with E-state index < -0.39 is 0 Å². The molecule has 2 heteroatoms. The molecule has 0 saturated carbocycles. The lowest BCUT2D eigenvalue weighted by atomic mass is 10.0. The second-order valence-corrected chi connectivity index (χ2v) is 3.68. The predicted octanol–water partition coefficient (Wildman–Crippen LogP) is 3.66. The highest BCUT2D eigenvalue weighted by molar-refractivity contribution is 7.08. The molecule has 0 aliphatic rings. The third kappa shape index (κ3) is 2.01. The minimum Gasteiger partial charge on any atom is -0.493 e. The summed E-state index contributed by atoms with van der Waals surface area (Å²) >= 11 is 1.72. The van der Waals surface area contributed by atoms with E-state index in [9.17, 15) is 0 Å². The molecule has 1 aromatic rings. The van der Waals surface area contributed by atoms with Crippen LogP contribution in [0.2, 0.25) is 0 Å².